The smallest absolute Gasteiger partial charge is 0.215 e. The third-order valence-corrected chi connectivity index (χ3v) is 9.37. The number of hydrogen-bond donors (Lipinski definition) is 0. The molecule has 0 unspecified atom stereocenters. The first-order chi connectivity index (χ1) is 22.1. The average Bonchev–Trinajstić information content (AvgIpc) is 3.34. The van der Waals surface area contributed by atoms with Crippen molar-refractivity contribution >= 4 is 11.4 Å². The lowest BCUT2D eigenvalue weighted by molar-refractivity contribution is -0.345. The lowest BCUT2D eigenvalue weighted by Gasteiger charge is -2.11. The standard InChI is InChI=1S/C43H64N2/c1-5-9-13-15-16-17-18-19-20-21-23-33-41-40(32-22-14-10-6-2)42(38-30-24-28-36(34-38)26-11-7-3)45(44)43(41)39-31-25-29-37(35-39)27-12-8-4/h23-25,28-31,33-35H,5-22,26-27,32H2,1-4H3. The second kappa shape index (κ2) is 21.9. The molecule has 0 atom stereocenters. The molecule has 246 valence electrons. The fourth-order valence-corrected chi connectivity index (χ4v) is 6.64. The molecular weight excluding hydrogens is 544 g/mol. The maximum absolute atomic E-state index is 12.1. The molecule has 0 radical (unpaired) electrons. The van der Waals surface area contributed by atoms with Crippen molar-refractivity contribution < 1.29 is 4.70 Å². The number of unbranched alkanes of at least 4 members (excludes halogenated alkanes) is 14. The van der Waals surface area contributed by atoms with Gasteiger partial charge in [-0.05, 0) is 86.8 Å². The monoisotopic (exact) mass is 609 g/mol. The van der Waals surface area contributed by atoms with Crippen LogP contribution in [0.3, 0.4) is 0 Å². The molecule has 2 heteroatoms. The fourth-order valence-electron chi connectivity index (χ4n) is 6.64. The zero-order valence-corrected chi connectivity index (χ0v) is 29.5. The molecule has 3 rings (SSSR count). The Morgan fingerprint density at radius 2 is 1.02 bits per heavy atom. The minimum Gasteiger partial charge on any atom is -0.493 e. The Hall–Kier alpha value is -2.74. The Kier molecular flexibility index (Phi) is 17.9. The van der Waals surface area contributed by atoms with Crippen LogP contribution < -0.4 is 0 Å². The maximum Gasteiger partial charge on any atom is 0.215 e. The van der Waals surface area contributed by atoms with Crippen molar-refractivity contribution in [2.24, 2.45) is 0 Å². The van der Waals surface area contributed by atoms with Crippen LogP contribution in [0.1, 0.15) is 172 Å². The number of benzene rings is 2. The predicted octanol–water partition coefficient (Wildman–Crippen LogP) is 14.0. The zero-order chi connectivity index (χ0) is 32.1. The van der Waals surface area contributed by atoms with Gasteiger partial charge in [-0.25, -0.2) is 4.70 Å². The van der Waals surface area contributed by atoms with Crippen molar-refractivity contribution in [3.05, 3.63) is 99.6 Å². The first-order valence-electron chi connectivity index (χ1n) is 19.0. The Bertz CT molecular complexity index is 1240. The van der Waals surface area contributed by atoms with Crippen LogP contribution in [-0.2, 0) is 12.8 Å². The van der Waals surface area contributed by atoms with E-state index >= 15 is 0 Å². The molecule has 1 aliphatic heterocycles. The molecule has 2 aromatic carbocycles. The Labute approximate surface area is 277 Å². The fraction of sp³-hybridized carbons (Fsp3) is 0.581. The van der Waals surface area contributed by atoms with Gasteiger partial charge in [0.15, 0.2) is 0 Å². The summed E-state index contributed by atoms with van der Waals surface area (Å²) in [5.41, 5.74) is 21.5. The highest BCUT2D eigenvalue weighted by Gasteiger charge is 2.34. The molecule has 0 saturated heterocycles. The van der Waals surface area contributed by atoms with Gasteiger partial charge in [-0.15, -0.1) is 0 Å². The lowest BCUT2D eigenvalue weighted by Crippen LogP contribution is -2.03. The SMILES string of the molecule is CCCCCCCCCCCC=CC1=C(c2cccc(CCCC)c2)[N+](=[N-])C(c2cccc(CCCC)c2)=C1CCCCCC. The summed E-state index contributed by atoms with van der Waals surface area (Å²) >= 11 is 0. The van der Waals surface area contributed by atoms with E-state index in [9.17, 15) is 5.53 Å². The van der Waals surface area contributed by atoms with Crippen LogP contribution in [0.25, 0.3) is 16.9 Å². The molecule has 45 heavy (non-hydrogen) atoms. The molecule has 0 bridgehead atoms. The van der Waals surface area contributed by atoms with E-state index in [-0.39, 0.29) is 0 Å². The van der Waals surface area contributed by atoms with E-state index in [0.717, 1.165) is 54.6 Å². The Morgan fingerprint density at radius 1 is 0.533 bits per heavy atom. The van der Waals surface area contributed by atoms with Crippen LogP contribution >= 0.6 is 0 Å². The molecule has 0 fully saturated rings. The van der Waals surface area contributed by atoms with Gasteiger partial charge in [0.2, 0.25) is 11.4 Å². The van der Waals surface area contributed by atoms with E-state index in [1.54, 1.807) is 4.70 Å². The Balaban J connectivity index is 1.91. The lowest BCUT2D eigenvalue weighted by atomic mass is 9.93. The third-order valence-electron chi connectivity index (χ3n) is 9.37. The molecule has 1 heterocycles. The molecule has 0 aliphatic carbocycles. The first kappa shape index (κ1) is 36.7. The number of rotatable bonds is 24. The van der Waals surface area contributed by atoms with Gasteiger partial charge >= 0.3 is 0 Å². The molecule has 0 amide bonds. The summed E-state index contributed by atoms with van der Waals surface area (Å²) in [6, 6.07) is 17.9. The second-order valence-electron chi connectivity index (χ2n) is 13.3. The summed E-state index contributed by atoms with van der Waals surface area (Å²) < 4.78 is 1.55. The summed E-state index contributed by atoms with van der Waals surface area (Å²) in [4.78, 5) is 0. The molecule has 2 aromatic rings. The highest BCUT2D eigenvalue weighted by Crippen LogP contribution is 2.43. The van der Waals surface area contributed by atoms with Crippen molar-refractivity contribution in [1.29, 1.82) is 0 Å². The van der Waals surface area contributed by atoms with Gasteiger partial charge in [-0.1, -0.05) is 148 Å². The number of hydrogen-bond acceptors (Lipinski definition) is 0. The molecule has 0 aromatic heterocycles. The van der Waals surface area contributed by atoms with Crippen molar-refractivity contribution in [3.8, 4) is 0 Å². The number of nitrogens with zero attached hydrogens (tertiary/aromatic N) is 2. The van der Waals surface area contributed by atoms with E-state index in [0.29, 0.717) is 0 Å². The van der Waals surface area contributed by atoms with Gasteiger partial charge in [0.1, 0.15) is 0 Å². The van der Waals surface area contributed by atoms with Gasteiger partial charge in [0.05, 0.1) is 5.57 Å². The van der Waals surface area contributed by atoms with E-state index in [2.05, 4.69) is 88.4 Å². The molecule has 2 nitrogen and oxygen atoms in total. The first-order valence-corrected chi connectivity index (χ1v) is 19.0. The van der Waals surface area contributed by atoms with Gasteiger partial charge in [-0.2, -0.15) is 0 Å². The second-order valence-corrected chi connectivity index (χ2v) is 13.3. The van der Waals surface area contributed by atoms with Gasteiger partial charge in [0.25, 0.3) is 0 Å². The van der Waals surface area contributed by atoms with E-state index in [1.165, 1.54) is 125 Å². The molecular formula is C43H64N2. The molecule has 1 aliphatic rings. The van der Waals surface area contributed by atoms with E-state index in [4.69, 9.17) is 0 Å². The third kappa shape index (κ3) is 12.2. The van der Waals surface area contributed by atoms with E-state index < -0.39 is 0 Å². The molecule has 0 N–H and O–H groups in total. The normalized spacial score (nSPS) is 13.6. The van der Waals surface area contributed by atoms with Crippen LogP contribution in [0.4, 0.5) is 0 Å². The van der Waals surface area contributed by atoms with Gasteiger partial charge in [-0.3, -0.25) is 0 Å². The zero-order valence-electron chi connectivity index (χ0n) is 29.5. The summed E-state index contributed by atoms with van der Waals surface area (Å²) in [5, 5.41) is 0. The van der Waals surface area contributed by atoms with Crippen LogP contribution in [0.15, 0.2) is 71.8 Å². The quantitative estimate of drug-likeness (QED) is 0.0837. The van der Waals surface area contributed by atoms with E-state index in [1.807, 2.05) is 0 Å². The largest absolute Gasteiger partial charge is 0.493 e. The summed E-state index contributed by atoms with van der Waals surface area (Å²) in [6.45, 7) is 9.08. The molecule has 0 spiro atoms. The van der Waals surface area contributed by atoms with Crippen molar-refractivity contribution in [1.82, 2.24) is 0 Å². The van der Waals surface area contributed by atoms with Crippen LogP contribution in [0.2, 0.25) is 0 Å². The maximum atomic E-state index is 12.1. The van der Waals surface area contributed by atoms with Crippen LogP contribution in [-0.4, -0.2) is 4.70 Å². The minimum atomic E-state index is 0.955. The molecule has 0 saturated carbocycles. The van der Waals surface area contributed by atoms with Crippen LogP contribution in [0, 0.1) is 0 Å². The predicted molar refractivity (Wildman–Crippen MR) is 197 cm³/mol. The minimum absolute atomic E-state index is 0.955. The summed E-state index contributed by atoms with van der Waals surface area (Å²) in [7, 11) is 0. The average molecular weight is 609 g/mol. The van der Waals surface area contributed by atoms with Crippen molar-refractivity contribution in [2.75, 3.05) is 0 Å². The topological polar surface area (TPSA) is 25.3 Å². The van der Waals surface area contributed by atoms with Crippen molar-refractivity contribution in [2.45, 2.75) is 163 Å². The van der Waals surface area contributed by atoms with Crippen LogP contribution in [0.5, 0.6) is 0 Å². The summed E-state index contributed by atoms with van der Waals surface area (Å²) in [6.07, 6.45) is 30.8. The van der Waals surface area contributed by atoms with Gasteiger partial charge in [0, 0.05) is 16.7 Å². The van der Waals surface area contributed by atoms with Gasteiger partial charge < -0.3 is 5.53 Å². The highest BCUT2D eigenvalue weighted by atomic mass is 15.2. The summed E-state index contributed by atoms with van der Waals surface area (Å²) in [5.74, 6) is 0. The number of aryl methyl sites for hydroxylation is 2. The number of allylic oxidation sites excluding steroid dienone is 4. The highest BCUT2D eigenvalue weighted by molar-refractivity contribution is 5.84. The van der Waals surface area contributed by atoms with Crippen molar-refractivity contribution in [3.63, 3.8) is 0 Å². The Morgan fingerprint density at radius 3 is 1.58 bits per heavy atom.